The van der Waals surface area contributed by atoms with Crippen molar-refractivity contribution in [1.82, 2.24) is 14.8 Å². The van der Waals surface area contributed by atoms with Crippen LogP contribution in [0.2, 0.25) is 10.0 Å². The van der Waals surface area contributed by atoms with Crippen molar-refractivity contribution >= 4 is 38.9 Å². The standard InChI is InChI=1S/C19H18Cl2N4O2S/c20-17-6-4-13(8-18(17)21)11-28(26,27)24-16-3-1-2-14(9-16)15-5-7-19-23-22-12-25(19)10-15/h1-4,6,8-9,12,15,24H,5,7,10-11H2/t15-/m1/s1. The van der Waals surface area contributed by atoms with Crippen LogP contribution in [-0.4, -0.2) is 23.2 Å². The number of nitrogens with zero attached hydrogens (tertiary/aromatic N) is 3. The second kappa shape index (κ2) is 7.73. The van der Waals surface area contributed by atoms with Crippen LogP contribution in [-0.2, 0) is 28.7 Å². The van der Waals surface area contributed by atoms with E-state index in [1.807, 2.05) is 18.2 Å². The molecule has 9 heteroatoms. The zero-order valence-corrected chi connectivity index (χ0v) is 17.2. The summed E-state index contributed by atoms with van der Waals surface area (Å²) < 4.78 is 29.9. The number of nitrogens with one attached hydrogen (secondary N) is 1. The van der Waals surface area contributed by atoms with Crippen molar-refractivity contribution < 1.29 is 8.42 Å². The minimum Gasteiger partial charge on any atom is -0.317 e. The predicted molar refractivity (Wildman–Crippen MR) is 110 cm³/mol. The Morgan fingerprint density at radius 2 is 2.00 bits per heavy atom. The van der Waals surface area contributed by atoms with Crippen LogP contribution >= 0.6 is 23.2 Å². The van der Waals surface area contributed by atoms with Crippen LogP contribution in [0.5, 0.6) is 0 Å². The molecule has 0 bridgehead atoms. The molecule has 0 saturated heterocycles. The maximum absolute atomic E-state index is 12.6. The van der Waals surface area contributed by atoms with Gasteiger partial charge in [-0.1, -0.05) is 41.4 Å². The molecule has 1 aromatic heterocycles. The van der Waals surface area contributed by atoms with Crippen molar-refractivity contribution in [2.75, 3.05) is 4.72 Å². The van der Waals surface area contributed by atoms with Crippen LogP contribution in [0.1, 0.15) is 29.3 Å². The molecule has 0 saturated carbocycles. The summed E-state index contributed by atoms with van der Waals surface area (Å²) in [5, 5.41) is 8.79. The lowest BCUT2D eigenvalue weighted by atomic mass is 9.91. The second-order valence-corrected chi connectivity index (χ2v) is 9.41. The Bertz CT molecular complexity index is 1110. The Morgan fingerprint density at radius 1 is 1.14 bits per heavy atom. The third-order valence-electron chi connectivity index (χ3n) is 4.80. The highest BCUT2D eigenvalue weighted by atomic mass is 35.5. The number of halogens is 2. The highest BCUT2D eigenvalue weighted by Crippen LogP contribution is 2.30. The van der Waals surface area contributed by atoms with Crippen molar-refractivity contribution in [2.45, 2.75) is 31.1 Å². The van der Waals surface area contributed by atoms with Crippen LogP contribution in [0.25, 0.3) is 0 Å². The number of aromatic nitrogens is 3. The Hall–Kier alpha value is -2.09. The molecule has 1 atom stereocenters. The quantitative estimate of drug-likeness (QED) is 0.647. The molecule has 0 unspecified atom stereocenters. The van der Waals surface area contributed by atoms with Gasteiger partial charge in [-0.15, -0.1) is 10.2 Å². The largest absolute Gasteiger partial charge is 0.317 e. The SMILES string of the molecule is O=S(=O)(Cc1ccc(Cl)c(Cl)c1)Nc1cccc([C@@H]2CCc3nncn3C2)c1. The lowest BCUT2D eigenvalue weighted by molar-refractivity contribution is 0.456. The van der Waals surface area contributed by atoms with Crippen molar-refractivity contribution in [3.05, 3.63) is 75.8 Å². The monoisotopic (exact) mass is 436 g/mol. The Kier molecular flexibility index (Phi) is 5.31. The molecule has 146 valence electrons. The van der Waals surface area contributed by atoms with Gasteiger partial charge in [0.25, 0.3) is 0 Å². The maximum atomic E-state index is 12.6. The van der Waals surface area contributed by atoms with Gasteiger partial charge in [0.2, 0.25) is 10.0 Å². The van der Waals surface area contributed by atoms with Crippen LogP contribution in [0, 0.1) is 0 Å². The van der Waals surface area contributed by atoms with Gasteiger partial charge < -0.3 is 4.57 Å². The Balaban J connectivity index is 1.49. The van der Waals surface area contributed by atoms with E-state index in [9.17, 15) is 8.42 Å². The molecule has 1 aliphatic heterocycles. The van der Waals surface area contributed by atoms with Gasteiger partial charge in [-0.05, 0) is 41.8 Å². The molecular weight excluding hydrogens is 419 g/mol. The van der Waals surface area contributed by atoms with E-state index >= 15 is 0 Å². The van der Waals surface area contributed by atoms with E-state index in [4.69, 9.17) is 23.2 Å². The summed E-state index contributed by atoms with van der Waals surface area (Å²) in [6.07, 6.45) is 3.56. The van der Waals surface area contributed by atoms with Gasteiger partial charge in [0, 0.05) is 24.6 Å². The molecule has 28 heavy (non-hydrogen) atoms. The molecule has 2 aromatic carbocycles. The van der Waals surface area contributed by atoms with Crippen molar-refractivity contribution in [2.24, 2.45) is 0 Å². The van der Waals surface area contributed by atoms with E-state index in [1.54, 1.807) is 30.6 Å². The Morgan fingerprint density at radius 3 is 2.82 bits per heavy atom. The minimum absolute atomic E-state index is 0.179. The molecule has 0 amide bonds. The lowest BCUT2D eigenvalue weighted by Crippen LogP contribution is -2.19. The first-order valence-corrected chi connectivity index (χ1v) is 11.2. The van der Waals surface area contributed by atoms with Crippen LogP contribution < -0.4 is 4.72 Å². The van der Waals surface area contributed by atoms with Gasteiger partial charge in [0.1, 0.15) is 12.2 Å². The van der Waals surface area contributed by atoms with Gasteiger partial charge >= 0.3 is 0 Å². The highest BCUT2D eigenvalue weighted by Gasteiger charge is 2.21. The fraction of sp³-hybridized carbons (Fsp3) is 0.263. The zero-order chi connectivity index (χ0) is 19.7. The van der Waals surface area contributed by atoms with E-state index in [2.05, 4.69) is 19.5 Å². The fourth-order valence-electron chi connectivity index (χ4n) is 3.45. The predicted octanol–water partition coefficient (Wildman–Crippen LogP) is 4.26. The second-order valence-electron chi connectivity index (χ2n) is 6.87. The van der Waals surface area contributed by atoms with Gasteiger partial charge in [0.05, 0.1) is 15.8 Å². The number of hydrogen-bond donors (Lipinski definition) is 1. The summed E-state index contributed by atoms with van der Waals surface area (Å²) in [5.41, 5.74) is 2.21. The number of aryl methyl sites for hydroxylation is 1. The normalized spacial score (nSPS) is 16.6. The molecule has 2 heterocycles. The summed E-state index contributed by atoms with van der Waals surface area (Å²) >= 11 is 11.9. The average molecular weight is 437 g/mol. The van der Waals surface area contributed by atoms with Crippen LogP contribution in [0.15, 0.2) is 48.8 Å². The van der Waals surface area contributed by atoms with E-state index < -0.39 is 10.0 Å². The topological polar surface area (TPSA) is 76.9 Å². The summed E-state index contributed by atoms with van der Waals surface area (Å²) in [5.74, 6) is 1.11. The average Bonchev–Trinajstić information content (AvgIpc) is 3.12. The molecule has 0 spiro atoms. The lowest BCUT2D eigenvalue weighted by Gasteiger charge is -2.23. The molecule has 1 N–H and O–H groups in total. The summed E-state index contributed by atoms with van der Waals surface area (Å²) in [6, 6.07) is 12.4. The zero-order valence-electron chi connectivity index (χ0n) is 14.8. The molecule has 0 fully saturated rings. The van der Waals surface area contributed by atoms with E-state index in [1.165, 1.54) is 0 Å². The minimum atomic E-state index is -3.58. The summed E-state index contributed by atoms with van der Waals surface area (Å²) in [6.45, 7) is 0.793. The number of rotatable bonds is 5. The van der Waals surface area contributed by atoms with Gasteiger partial charge in [0.15, 0.2) is 0 Å². The summed E-state index contributed by atoms with van der Waals surface area (Å²) in [4.78, 5) is 0. The third-order valence-corrected chi connectivity index (χ3v) is 6.80. The van der Waals surface area contributed by atoms with Gasteiger partial charge in [-0.3, -0.25) is 4.72 Å². The molecule has 0 radical (unpaired) electrons. The molecule has 6 nitrogen and oxygen atoms in total. The molecule has 4 rings (SSSR count). The first-order chi connectivity index (χ1) is 13.4. The van der Waals surface area contributed by atoms with Crippen molar-refractivity contribution in [3.63, 3.8) is 0 Å². The third kappa shape index (κ3) is 4.32. The Labute approximate surface area is 173 Å². The molecule has 3 aromatic rings. The number of anilines is 1. The van der Waals surface area contributed by atoms with Crippen molar-refractivity contribution in [3.8, 4) is 0 Å². The van der Waals surface area contributed by atoms with E-state index in [-0.39, 0.29) is 5.75 Å². The number of sulfonamides is 1. The smallest absolute Gasteiger partial charge is 0.236 e. The number of fused-ring (bicyclic) bond motifs is 1. The first-order valence-electron chi connectivity index (χ1n) is 8.81. The highest BCUT2D eigenvalue weighted by molar-refractivity contribution is 7.91. The number of benzene rings is 2. The van der Waals surface area contributed by atoms with Gasteiger partial charge in [-0.25, -0.2) is 8.42 Å². The molecular formula is C19H18Cl2N4O2S. The van der Waals surface area contributed by atoms with E-state index in [0.29, 0.717) is 27.2 Å². The van der Waals surface area contributed by atoms with Crippen molar-refractivity contribution in [1.29, 1.82) is 0 Å². The molecule has 0 aliphatic carbocycles. The van der Waals surface area contributed by atoms with E-state index in [0.717, 1.165) is 30.8 Å². The molecule has 1 aliphatic rings. The number of hydrogen-bond acceptors (Lipinski definition) is 4. The summed E-state index contributed by atoms with van der Waals surface area (Å²) in [7, 11) is -3.58. The van der Waals surface area contributed by atoms with Crippen LogP contribution in [0.4, 0.5) is 5.69 Å². The first kappa shape index (κ1) is 19.2. The van der Waals surface area contributed by atoms with Crippen LogP contribution in [0.3, 0.4) is 0 Å². The fourth-order valence-corrected chi connectivity index (χ4v) is 4.95. The maximum Gasteiger partial charge on any atom is 0.236 e. The van der Waals surface area contributed by atoms with Gasteiger partial charge in [-0.2, -0.15) is 0 Å².